The normalized spacial score (nSPS) is 10.7. The van der Waals surface area contributed by atoms with Gasteiger partial charge in [0.05, 0.1) is 11.1 Å². The van der Waals surface area contributed by atoms with E-state index in [-0.39, 0.29) is 11.5 Å². The molecule has 0 saturated heterocycles. The first-order valence-electron chi connectivity index (χ1n) is 8.92. The number of fused-ring (bicyclic) bond motifs is 1. The zero-order valence-electron chi connectivity index (χ0n) is 15.5. The predicted molar refractivity (Wildman–Crippen MR) is 116 cm³/mol. The molecule has 0 spiro atoms. The van der Waals surface area contributed by atoms with Crippen LogP contribution >= 0.6 is 11.6 Å². The van der Waals surface area contributed by atoms with Gasteiger partial charge in [-0.1, -0.05) is 17.7 Å². The molecule has 0 unspecified atom stereocenters. The molecule has 0 bridgehead atoms. The van der Waals surface area contributed by atoms with E-state index in [4.69, 9.17) is 11.6 Å². The smallest absolute Gasteiger partial charge is 0.257 e. The maximum atomic E-state index is 12.4. The Hall–Kier alpha value is -3.64. The van der Waals surface area contributed by atoms with Gasteiger partial charge in [-0.15, -0.1) is 0 Å². The minimum Gasteiger partial charge on any atom is -0.340 e. The molecule has 0 saturated carbocycles. The van der Waals surface area contributed by atoms with Crippen molar-refractivity contribution in [2.45, 2.75) is 6.92 Å². The molecular formula is C22H17ClN4O2. The Morgan fingerprint density at radius 2 is 1.90 bits per heavy atom. The number of anilines is 3. The number of aryl methyl sites for hydroxylation is 1. The fraction of sp³-hybridized carbons (Fsp3) is 0.0455. The lowest BCUT2D eigenvalue weighted by molar-refractivity contribution is 0.102. The summed E-state index contributed by atoms with van der Waals surface area (Å²) < 4.78 is 0. The fourth-order valence-corrected chi connectivity index (χ4v) is 3.20. The average Bonchev–Trinajstić information content (AvgIpc) is 2.69. The van der Waals surface area contributed by atoms with Crippen molar-refractivity contribution in [2.24, 2.45) is 0 Å². The van der Waals surface area contributed by atoms with Crippen LogP contribution in [0.4, 0.5) is 17.2 Å². The highest BCUT2D eigenvalue weighted by Crippen LogP contribution is 2.26. The third kappa shape index (κ3) is 4.28. The molecule has 0 radical (unpaired) electrons. The summed E-state index contributed by atoms with van der Waals surface area (Å²) in [6.45, 7) is 1.99. The molecule has 0 aliphatic heterocycles. The SMILES string of the molecule is Cc1cc(Nc2cccc(Cl)c2)nc2ccc(NC(=O)c3ccc(=O)[nH]c3)cc12. The number of aromatic amines is 1. The van der Waals surface area contributed by atoms with Gasteiger partial charge in [0.15, 0.2) is 0 Å². The molecule has 0 aliphatic rings. The maximum Gasteiger partial charge on any atom is 0.257 e. The van der Waals surface area contributed by atoms with Crippen molar-refractivity contribution >= 4 is 45.6 Å². The van der Waals surface area contributed by atoms with Crippen molar-refractivity contribution in [3.8, 4) is 0 Å². The number of carbonyl (C=O) groups excluding carboxylic acids is 1. The number of H-pyrrole nitrogens is 1. The quantitative estimate of drug-likeness (QED) is 0.452. The number of rotatable bonds is 4. The Kier molecular flexibility index (Phi) is 5.01. The van der Waals surface area contributed by atoms with E-state index in [1.165, 1.54) is 18.3 Å². The zero-order chi connectivity index (χ0) is 20.4. The van der Waals surface area contributed by atoms with Crippen molar-refractivity contribution in [3.63, 3.8) is 0 Å². The minimum absolute atomic E-state index is 0.254. The van der Waals surface area contributed by atoms with Gasteiger partial charge in [0, 0.05) is 34.0 Å². The number of pyridine rings is 2. The highest BCUT2D eigenvalue weighted by atomic mass is 35.5. The van der Waals surface area contributed by atoms with Crippen LogP contribution in [0.15, 0.2) is 71.7 Å². The second-order valence-corrected chi connectivity index (χ2v) is 7.02. The van der Waals surface area contributed by atoms with Crippen molar-refractivity contribution in [1.29, 1.82) is 0 Å². The van der Waals surface area contributed by atoms with Crippen LogP contribution in [0.3, 0.4) is 0 Å². The summed E-state index contributed by atoms with van der Waals surface area (Å²) in [7, 11) is 0. The van der Waals surface area contributed by atoms with Gasteiger partial charge in [0.2, 0.25) is 5.56 Å². The van der Waals surface area contributed by atoms with Gasteiger partial charge in [0.1, 0.15) is 5.82 Å². The molecule has 2 heterocycles. The lowest BCUT2D eigenvalue weighted by Gasteiger charge is -2.11. The Morgan fingerprint density at radius 3 is 2.66 bits per heavy atom. The molecule has 6 nitrogen and oxygen atoms in total. The van der Waals surface area contributed by atoms with Crippen molar-refractivity contribution in [3.05, 3.63) is 93.4 Å². The highest BCUT2D eigenvalue weighted by Gasteiger charge is 2.09. The summed E-state index contributed by atoms with van der Waals surface area (Å²) in [5.41, 5.74) is 3.44. The summed E-state index contributed by atoms with van der Waals surface area (Å²) in [5, 5.41) is 7.67. The van der Waals surface area contributed by atoms with Crippen molar-refractivity contribution in [1.82, 2.24) is 9.97 Å². The fourth-order valence-electron chi connectivity index (χ4n) is 3.01. The van der Waals surface area contributed by atoms with E-state index in [1.54, 1.807) is 6.07 Å². The highest BCUT2D eigenvalue weighted by molar-refractivity contribution is 6.30. The van der Waals surface area contributed by atoms with Crippen LogP contribution in [0.25, 0.3) is 10.9 Å². The lowest BCUT2D eigenvalue weighted by Crippen LogP contribution is -2.14. The molecule has 0 aliphatic carbocycles. The number of hydrogen-bond acceptors (Lipinski definition) is 4. The number of aromatic nitrogens is 2. The van der Waals surface area contributed by atoms with Crippen LogP contribution < -0.4 is 16.2 Å². The van der Waals surface area contributed by atoms with Crippen molar-refractivity contribution in [2.75, 3.05) is 10.6 Å². The average molecular weight is 405 g/mol. The van der Waals surface area contributed by atoms with E-state index in [9.17, 15) is 9.59 Å². The number of nitrogens with one attached hydrogen (secondary N) is 3. The van der Waals surface area contributed by atoms with Crippen LogP contribution in [0, 0.1) is 6.92 Å². The van der Waals surface area contributed by atoms with Gasteiger partial charge in [-0.05, 0) is 61.0 Å². The molecule has 7 heteroatoms. The van der Waals surface area contributed by atoms with E-state index in [1.807, 2.05) is 49.4 Å². The summed E-state index contributed by atoms with van der Waals surface area (Å²) in [6, 6.07) is 17.7. The molecule has 1 amide bonds. The number of benzene rings is 2. The molecule has 29 heavy (non-hydrogen) atoms. The monoisotopic (exact) mass is 404 g/mol. The van der Waals surface area contributed by atoms with Gasteiger partial charge in [-0.3, -0.25) is 9.59 Å². The minimum atomic E-state index is -0.301. The largest absolute Gasteiger partial charge is 0.340 e. The van der Waals surface area contributed by atoms with E-state index < -0.39 is 0 Å². The first kappa shape index (κ1) is 18.7. The Balaban J connectivity index is 1.59. The third-order valence-electron chi connectivity index (χ3n) is 4.42. The topological polar surface area (TPSA) is 86.9 Å². The second kappa shape index (κ2) is 7.77. The lowest BCUT2D eigenvalue weighted by atomic mass is 10.1. The Labute approximate surface area is 171 Å². The Morgan fingerprint density at radius 1 is 1.03 bits per heavy atom. The molecule has 4 rings (SSSR count). The van der Waals surface area contributed by atoms with Crippen LogP contribution in [-0.4, -0.2) is 15.9 Å². The number of hydrogen-bond donors (Lipinski definition) is 3. The first-order chi connectivity index (χ1) is 14.0. The van der Waals surface area contributed by atoms with Gasteiger partial charge >= 0.3 is 0 Å². The van der Waals surface area contributed by atoms with Gasteiger partial charge in [0.25, 0.3) is 5.91 Å². The number of nitrogens with zero attached hydrogens (tertiary/aromatic N) is 1. The molecule has 2 aromatic heterocycles. The van der Waals surface area contributed by atoms with Crippen LogP contribution in [-0.2, 0) is 0 Å². The molecule has 0 atom stereocenters. The second-order valence-electron chi connectivity index (χ2n) is 6.59. The summed E-state index contributed by atoms with van der Waals surface area (Å²) in [4.78, 5) is 30.6. The van der Waals surface area contributed by atoms with Crippen molar-refractivity contribution < 1.29 is 4.79 Å². The maximum absolute atomic E-state index is 12.4. The van der Waals surface area contributed by atoms with Crippen LogP contribution in [0.1, 0.15) is 15.9 Å². The molecule has 2 aromatic carbocycles. The first-order valence-corrected chi connectivity index (χ1v) is 9.30. The summed E-state index contributed by atoms with van der Waals surface area (Å²) in [6.07, 6.45) is 1.39. The molecule has 0 fully saturated rings. The molecular weight excluding hydrogens is 388 g/mol. The molecule has 144 valence electrons. The molecule has 3 N–H and O–H groups in total. The third-order valence-corrected chi connectivity index (χ3v) is 4.65. The summed E-state index contributed by atoms with van der Waals surface area (Å²) in [5.74, 6) is 0.410. The number of amides is 1. The summed E-state index contributed by atoms with van der Waals surface area (Å²) >= 11 is 6.04. The van der Waals surface area contributed by atoms with E-state index in [0.717, 1.165) is 22.2 Å². The van der Waals surface area contributed by atoms with Gasteiger partial charge in [-0.25, -0.2) is 4.98 Å². The molecule has 4 aromatic rings. The van der Waals surface area contributed by atoms with E-state index >= 15 is 0 Å². The van der Waals surface area contributed by atoms with Crippen LogP contribution in [0.5, 0.6) is 0 Å². The predicted octanol–water partition coefficient (Wildman–Crippen LogP) is 4.88. The number of carbonyl (C=O) groups is 1. The van der Waals surface area contributed by atoms with E-state index in [2.05, 4.69) is 20.6 Å². The van der Waals surface area contributed by atoms with E-state index in [0.29, 0.717) is 22.1 Å². The standard InChI is InChI=1S/C22H17ClN4O2/c1-13-9-20(25-16-4-2-3-15(23)10-16)27-19-7-6-17(11-18(13)19)26-22(29)14-5-8-21(28)24-12-14/h2-12H,1H3,(H,24,28)(H,25,27)(H,26,29). The van der Waals surface area contributed by atoms with Crippen LogP contribution in [0.2, 0.25) is 5.02 Å². The zero-order valence-corrected chi connectivity index (χ0v) is 16.2. The van der Waals surface area contributed by atoms with Gasteiger partial charge in [-0.2, -0.15) is 0 Å². The number of halogens is 1. The Bertz CT molecular complexity index is 1260. The van der Waals surface area contributed by atoms with Gasteiger partial charge < -0.3 is 15.6 Å².